The van der Waals surface area contributed by atoms with Gasteiger partial charge in [0, 0.05) is 28.6 Å². The predicted molar refractivity (Wildman–Crippen MR) is 114 cm³/mol. The summed E-state index contributed by atoms with van der Waals surface area (Å²) in [6, 6.07) is 10.6. The average molecular weight is 418 g/mol. The van der Waals surface area contributed by atoms with Gasteiger partial charge in [-0.3, -0.25) is 9.59 Å². The molecule has 4 rings (SSSR count). The Morgan fingerprint density at radius 2 is 1.68 bits per heavy atom. The lowest BCUT2D eigenvalue weighted by molar-refractivity contribution is -0.136. The Kier molecular flexibility index (Phi) is 4.74. The zero-order valence-corrected chi connectivity index (χ0v) is 16.7. The van der Waals surface area contributed by atoms with Crippen molar-refractivity contribution in [1.82, 2.24) is 0 Å². The van der Waals surface area contributed by atoms with Gasteiger partial charge in [-0.15, -0.1) is 0 Å². The number of rotatable bonds is 4. The second-order valence-corrected chi connectivity index (χ2v) is 7.48. The number of benzene rings is 3. The Bertz CT molecular complexity index is 1410. The van der Waals surface area contributed by atoms with Gasteiger partial charge in [0.25, 0.3) is 0 Å². The molecule has 0 bridgehead atoms. The molecule has 1 aliphatic heterocycles. The average Bonchev–Trinajstić information content (AvgIpc) is 2.69. The fourth-order valence-electron chi connectivity index (χ4n) is 3.73. The minimum absolute atomic E-state index is 0.00581. The molecule has 1 aliphatic carbocycles. The van der Waals surface area contributed by atoms with Gasteiger partial charge in [0.15, 0.2) is 5.43 Å². The molecule has 0 amide bonds. The van der Waals surface area contributed by atoms with Crippen molar-refractivity contribution in [3.8, 4) is 28.2 Å². The first-order valence-electron chi connectivity index (χ1n) is 9.45. The predicted octanol–water partition coefficient (Wildman–Crippen LogP) is 4.21. The summed E-state index contributed by atoms with van der Waals surface area (Å²) in [5, 5.41) is 29.6. The number of carbonyl (C=O) groups is 2. The van der Waals surface area contributed by atoms with Crippen LogP contribution in [-0.2, 0) is 11.2 Å². The Morgan fingerprint density at radius 3 is 2.35 bits per heavy atom. The highest BCUT2D eigenvalue weighted by molar-refractivity contribution is 6.08. The molecular weight excluding hydrogens is 400 g/mol. The Balaban J connectivity index is 2.16. The van der Waals surface area contributed by atoms with E-state index in [4.69, 9.17) is 9.52 Å². The highest BCUT2D eigenvalue weighted by atomic mass is 16.4. The maximum atomic E-state index is 12.2. The number of hydrogen-bond acceptors (Lipinski definition) is 5. The van der Waals surface area contributed by atoms with Crippen LogP contribution in [0.4, 0.5) is 0 Å². The monoisotopic (exact) mass is 418 g/mol. The smallest absolute Gasteiger partial charge is 0.336 e. The van der Waals surface area contributed by atoms with Gasteiger partial charge in [-0.1, -0.05) is 12.1 Å². The van der Waals surface area contributed by atoms with Crippen LogP contribution in [0.15, 0.2) is 51.7 Å². The summed E-state index contributed by atoms with van der Waals surface area (Å²) in [7, 11) is 0. The molecule has 0 spiro atoms. The summed E-state index contributed by atoms with van der Waals surface area (Å²) >= 11 is 0. The molecule has 0 fully saturated rings. The van der Waals surface area contributed by atoms with Gasteiger partial charge in [0.1, 0.15) is 17.1 Å². The third-order valence-corrected chi connectivity index (χ3v) is 5.27. The van der Waals surface area contributed by atoms with Crippen LogP contribution in [-0.4, -0.2) is 27.3 Å². The molecule has 0 unspecified atom stereocenters. The van der Waals surface area contributed by atoms with E-state index in [1.54, 1.807) is 38.1 Å². The molecule has 156 valence electrons. The van der Waals surface area contributed by atoms with Crippen molar-refractivity contribution in [1.29, 1.82) is 0 Å². The van der Waals surface area contributed by atoms with Gasteiger partial charge in [0.2, 0.25) is 0 Å². The van der Waals surface area contributed by atoms with Crippen LogP contribution >= 0.6 is 0 Å². The van der Waals surface area contributed by atoms with E-state index in [1.807, 2.05) is 0 Å². The third kappa shape index (κ3) is 3.50. The molecule has 2 aromatic rings. The van der Waals surface area contributed by atoms with Gasteiger partial charge in [-0.25, -0.2) is 4.79 Å². The zero-order valence-electron chi connectivity index (χ0n) is 16.7. The lowest BCUT2D eigenvalue weighted by Gasteiger charge is -2.18. The molecule has 2 aliphatic rings. The lowest BCUT2D eigenvalue weighted by Crippen LogP contribution is -2.08. The van der Waals surface area contributed by atoms with Gasteiger partial charge < -0.3 is 19.7 Å². The highest BCUT2D eigenvalue weighted by Crippen LogP contribution is 2.43. The van der Waals surface area contributed by atoms with Crippen molar-refractivity contribution in [2.24, 2.45) is 0 Å². The quantitative estimate of drug-likeness (QED) is 0.424. The molecule has 0 atom stereocenters. The second kappa shape index (κ2) is 7.28. The summed E-state index contributed by atoms with van der Waals surface area (Å²) in [6.07, 6.45) is -0.308. The molecule has 2 aromatic carbocycles. The number of fused-ring (bicyclic) bond motifs is 2. The van der Waals surface area contributed by atoms with Crippen LogP contribution < -0.4 is 5.43 Å². The molecule has 7 heteroatoms. The first kappa shape index (κ1) is 20.2. The standard InChI is InChI=1S/C24H18O7/c1-11-5-16-20(9-18(11)25)31-21-10-19(26)12(2)6-17(21)23(16)14-4-3-13(8-22(27)28)7-15(14)24(29)30/h3-7,9-10,25H,8H2,1-2H3,(H,27,28)(H,29,30). The minimum atomic E-state index is -1.21. The number of phenolic OH excluding ortho intramolecular Hbond substituents is 1. The van der Waals surface area contributed by atoms with E-state index >= 15 is 0 Å². The zero-order chi connectivity index (χ0) is 22.4. The van der Waals surface area contributed by atoms with Gasteiger partial charge in [-0.05, 0) is 54.3 Å². The van der Waals surface area contributed by atoms with E-state index in [2.05, 4.69) is 0 Å². The van der Waals surface area contributed by atoms with E-state index in [0.717, 1.165) is 0 Å². The van der Waals surface area contributed by atoms with Gasteiger partial charge >= 0.3 is 11.9 Å². The fraction of sp³-hybridized carbons (Fsp3) is 0.125. The third-order valence-electron chi connectivity index (χ3n) is 5.27. The molecular formula is C24H18O7. The van der Waals surface area contributed by atoms with E-state index < -0.39 is 11.9 Å². The highest BCUT2D eigenvalue weighted by Gasteiger charge is 2.23. The first-order valence-corrected chi connectivity index (χ1v) is 9.45. The van der Waals surface area contributed by atoms with E-state index in [9.17, 15) is 24.6 Å². The van der Waals surface area contributed by atoms with Crippen molar-refractivity contribution >= 4 is 22.9 Å². The summed E-state index contributed by atoms with van der Waals surface area (Å²) in [6.45, 7) is 3.37. The number of hydrogen-bond donors (Lipinski definition) is 3. The van der Waals surface area contributed by atoms with Crippen LogP contribution in [0.3, 0.4) is 0 Å². The van der Waals surface area contributed by atoms with Crippen molar-refractivity contribution in [2.45, 2.75) is 20.3 Å². The largest absolute Gasteiger partial charge is 0.508 e. The number of aromatic hydroxyl groups is 1. The van der Waals surface area contributed by atoms with Crippen molar-refractivity contribution in [3.05, 3.63) is 74.9 Å². The molecule has 31 heavy (non-hydrogen) atoms. The van der Waals surface area contributed by atoms with E-state index in [-0.39, 0.29) is 28.9 Å². The molecule has 0 radical (unpaired) electrons. The summed E-state index contributed by atoms with van der Waals surface area (Å²) in [5.74, 6) is -2.02. The summed E-state index contributed by atoms with van der Waals surface area (Å²) in [5.41, 5.74) is 2.82. The van der Waals surface area contributed by atoms with Crippen molar-refractivity contribution < 1.29 is 29.3 Å². The van der Waals surface area contributed by atoms with E-state index in [0.29, 0.717) is 44.3 Å². The molecule has 0 aromatic heterocycles. The Hall–Kier alpha value is -4.13. The molecule has 3 N–H and O–H groups in total. The van der Waals surface area contributed by atoms with E-state index in [1.165, 1.54) is 18.2 Å². The number of carboxylic acid groups (broad SMARTS) is 2. The summed E-state index contributed by atoms with van der Waals surface area (Å²) < 4.78 is 5.87. The van der Waals surface area contributed by atoms with Crippen molar-refractivity contribution in [3.63, 3.8) is 0 Å². The maximum Gasteiger partial charge on any atom is 0.336 e. The number of phenols is 1. The minimum Gasteiger partial charge on any atom is -0.508 e. The lowest BCUT2D eigenvalue weighted by atomic mass is 9.88. The van der Waals surface area contributed by atoms with Crippen molar-refractivity contribution in [2.75, 3.05) is 0 Å². The second-order valence-electron chi connectivity index (χ2n) is 7.48. The Labute approximate surface area is 176 Å². The topological polar surface area (TPSA) is 125 Å². The van der Waals surface area contributed by atoms with Crippen LogP contribution in [0, 0.1) is 13.8 Å². The van der Waals surface area contributed by atoms with Gasteiger partial charge in [0.05, 0.1) is 12.0 Å². The first-order chi connectivity index (χ1) is 14.7. The van der Waals surface area contributed by atoms with Crippen LogP contribution in [0.25, 0.3) is 33.4 Å². The SMILES string of the molecule is Cc1cc2c(-c3ccc(CC(=O)O)cc3C(=O)O)c3cc(C)c(=O)cc-3oc2cc1O. The number of aromatic carboxylic acids is 1. The Morgan fingerprint density at radius 1 is 0.935 bits per heavy atom. The number of carboxylic acids is 2. The summed E-state index contributed by atoms with van der Waals surface area (Å²) in [4.78, 5) is 35.4. The van der Waals surface area contributed by atoms with Crippen LogP contribution in [0.1, 0.15) is 27.0 Å². The van der Waals surface area contributed by atoms with Crippen LogP contribution in [0.5, 0.6) is 5.75 Å². The number of aliphatic carboxylic acids is 1. The maximum absolute atomic E-state index is 12.2. The molecule has 1 heterocycles. The molecule has 7 nitrogen and oxygen atoms in total. The number of aryl methyl sites for hydroxylation is 2. The van der Waals surface area contributed by atoms with Gasteiger partial charge in [-0.2, -0.15) is 0 Å². The van der Waals surface area contributed by atoms with Crippen LogP contribution in [0.2, 0.25) is 0 Å². The molecule has 0 saturated heterocycles. The fourth-order valence-corrected chi connectivity index (χ4v) is 3.73. The molecule has 0 saturated carbocycles. The normalized spacial score (nSPS) is 11.2.